The molecule has 2 amide bonds. The van der Waals surface area contributed by atoms with E-state index < -0.39 is 0 Å². The summed E-state index contributed by atoms with van der Waals surface area (Å²) in [6.45, 7) is 7.49. The zero-order chi connectivity index (χ0) is 22.2. The van der Waals surface area contributed by atoms with Crippen LogP contribution in [0.25, 0.3) is 0 Å². The molecule has 0 spiro atoms. The maximum Gasteiger partial charge on any atom is 0.257 e. The Morgan fingerprint density at radius 3 is 2.52 bits per heavy atom. The number of amides is 2. The van der Waals surface area contributed by atoms with E-state index in [1.54, 1.807) is 17.3 Å². The van der Waals surface area contributed by atoms with E-state index in [0.717, 1.165) is 30.8 Å². The number of nitrogens with zero attached hydrogens (tertiary/aromatic N) is 5. The predicted octanol–water partition coefficient (Wildman–Crippen LogP) is 2.21. The van der Waals surface area contributed by atoms with Gasteiger partial charge in [0.2, 0.25) is 0 Å². The first-order chi connectivity index (χ1) is 15.0. The Kier molecular flexibility index (Phi) is 8.08. The van der Waals surface area contributed by atoms with Gasteiger partial charge in [-0.2, -0.15) is 0 Å². The van der Waals surface area contributed by atoms with Crippen molar-refractivity contribution < 1.29 is 14.3 Å². The summed E-state index contributed by atoms with van der Waals surface area (Å²) in [6.07, 6.45) is 5.34. The van der Waals surface area contributed by atoms with E-state index in [1.165, 1.54) is 13.4 Å². The molecule has 1 aromatic heterocycles. The van der Waals surface area contributed by atoms with E-state index in [4.69, 9.17) is 4.74 Å². The number of benzene rings is 1. The van der Waals surface area contributed by atoms with E-state index >= 15 is 0 Å². The van der Waals surface area contributed by atoms with Crippen molar-refractivity contribution in [2.75, 3.05) is 44.8 Å². The Balaban J connectivity index is 1.98. The van der Waals surface area contributed by atoms with Crippen LogP contribution in [0.3, 0.4) is 0 Å². The molecule has 0 saturated heterocycles. The molecule has 31 heavy (non-hydrogen) atoms. The van der Waals surface area contributed by atoms with Crippen LogP contribution in [0.4, 0.5) is 5.69 Å². The Morgan fingerprint density at radius 2 is 1.81 bits per heavy atom. The summed E-state index contributed by atoms with van der Waals surface area (Å²) < 4.78 is 5.12. The number of carbonyl (C=O) groups is 2. The number of rotatable bonds is 4. The van der Waals surface area contributed by atoms with E-state index in [1.807, 2.05) is 29.2 Å². The van der Waals surface area contributed by atoms with Gasteiger partial charge in [-0.3, -0.25) is 14.5 Å². The van der Waals surface area contributed by atoms with Crippen LogP contribution in [0.2, 0.25) is 0 Å². The lowest BCUT2D eigenvalue weighted by Gasteiger charge is -2.30. The molecule has 0 radical (unpaired) electrons. The van der Waals surface area contributed by atoms with Crippen LogP contribution in [0.15, 0.2) is 43.0 Å². The molecule has 3 rings (SSSR count). The summed E-state index contributed by atoms with van der Waals surface area (Å²) >= 11 is 0. The van der Waals surface area contributed by atoms with E-state index in [-0.39, 0.29) is 18.4 Å². The zero-order valence-corrected chi connectivity index (χ0v) is 18.5. The summed E-state index contributed by atoms with van der Waals surface area (Å²) in [5.74, 6) is -0.201. The van der Waals surface area contributed by atoms with Crippen molar-refractivity contribution in [1.29, 1.82) is 0 Å². The standard InChI is InChI=1S/C23H31N5O3/c1-18(2)26-9-6-10-28(22(29)16-31-3)21-8-5-4-7-19(21)15-27(12-11-26)23(30)20-13-24-17-25-14-20/h4-5,7-8,13-14,17-18H,6,9-12,15-16H2,1-3H3. The molecule has 0 fully saturated rings. The van der Waals surface area contributed by atoms with Gasteiger partial charge in [0.05, 0.1) is 5.56 Å². The summed E-state index contributed by atoms with van der Waals surface area (Å²) in [7, 11) is 1.53. The summed E-state index contributed by atoms with van der Waals surface area (Å²) in [4.78, 5) is 40.1. The molecular formula is C23H31N5O3. The van der Waals surface area contributed by atoms with Crippen LogP contribution in [0.1, 0.15) is 36.2 Å². The van der Waals surface area contributed by atoms with Gasteiger partial charge < -0.3 is 14.5 Å². The van der Waals surface area contributed by atoms with Gasteiger partial charge in [0.15, 0.2) is 0 Å². The molecule has 8 heteroatoms. The minimum atomic E-state index is -0.117. The van der Waals surface area contributed by atoms with Crippen LogP contribution in [0, 0.1) is 0 Å². The van der Waals surface area contributed by atoms with Crippen LogP contribution in [-0.4, -0.2) is 77.5 Å². The number of anilines is 1. The fraction of sp³-hybridized carbons (Fsp3) is 0.478. The fourth-order valence-corrected chi connectivity index (χ4v) is 3.85. The zero-order valence-electron chi connectivity index (χ0n) is 18.5. The second-order valence-electron chi connectivity index (χ2n) is 7.94. The molecule has 0 saturated carbocycles. The van der Waals surface area contributed by atoms with E-state index in [0.29, 0.717) is 31.2 Å². The van der Waals surface area contributed by atoms with Crippen molar-refractivity contribution in [3.63, 3.8) is 0 Å². The van der Waals surface area contributed by atoms with Crippen molar-refractivity contribution in [2.45, 2.75) is 32.9 Å². The van der Waals surface area contributed by atoms with Crippen molar-refractivity contribution in [1.82, 2.24) is 19.8 Å². The molecule has 0 N–H and O–H groups in total. The molecule has 1 aliphatic rings. The van der Waals surface area contributed by atoms with Gasteiger partial charge in [-0.05, 0) is 31.9 Å². The van der Waals surface area contributed by atoms with Gasteiger partial charge in [-0.1, -0.05) is 18.2 Å². The highest BCUT2D eigenvalue weighted by Crippen LogP contribution is 2.24. The average Bonchev–Trinajstić information content (AvgIpc) is 2.81. The minimum Gasteiger partial charge on any atom is -0.375 e. The number of para-hydroxylation sites is 1. The summed E-state index contributed by atoms with van der Waals surface area (Å²) in [5, 5.41) is 0. The van der Waals surface area contributed by atoms with Crippen molar-refractivity contribution in [3.8, 4) is 0 Å². The monoisotopic (exact) mass is 425 g/mol. The molecule has 2 heterocycles. The molecule has 2 aromatic rings. The molecule has 0 bridgehead atoms. The number of carbonyl (C=O) groups excluding carboxylic acids is 2. The normalized spacial score (nSPS) is 16.0. The van der Waals surface area contributed by atoms with Crippen molar-refractivity contribution >= 4 is 17.5 Å². The third kappa shape index (κ3) is 5.86. The third-order valence-corrected chi connectivity index (χ3v) is 5.52. The van der Waals surface area contributed by atoms with Gasteiger partial charge in [0.25, 0.3) is 11.8 Å². The van der Waals surface area contributed by atoms with Gasteiger partial charge in [-0.15, -0.1) is 0 Å². The first kappa shape index (κ1) is 22.8. The van der Waals surface area contributed by atoms with Gasteiger partial charge in [0.1, 0.15) is 12.9 Å². The maximum atomic E-state index is 13.3. The molecular weight excluding hydrogens is 394 g/mol. The third-order valence-electron chi connectivity index (χ3n) is 5.52. The second kappa shape index (κ2) is 11.0. The number of methoxy groups -OCH3 is 1. The number of fused-ring (bicyclic) bond motifs is 1. The highest BCUT2D eigenvalue weighted by atomic mass is 16.5. The van der Waals surface area contributed by atoms with Crippen LogP contribution >= 0.6 is 0 Å². The predicted molar refractivity (Wildman–Crippen MR) is 119 cm³/mol. The lowest BCUT2D eigenvalue weighted by molar-refractivity contribution is -0.122. The highest BCUT2D eigenvalue weighted by molar-refractivity contribution is 5.96. The summed E-state index contributed by atoms with van der Waals surface area (Å²) in [6, 6.07) is 8.11. The molecule has 0 atom stereocenters. The minimum absolute atomic E-state index is 0.0201. The van der Waals surface area contributed by atoms with Gasteiger partial charge >= 0.3 is 0 Å². The highest BCUT2D eigenvalue weighted by Gasteiger charge is 2.24. The molecule has 0 unspecified atom stereocenters. The Bertz CT molecular complexity index is 875. The molecule has 1 aromatic carbocycles. The van der Waals surface area contributed by atoms with E-state index in [2.05, 4.69) is 28.7 Å². The molecule has 1 aliphatic heterocycles. The first-order valence-corrected chi connectivity index (χ1v) is 10.7. The van der Waals surface area contributed by atoms with Gasteiger partial charge in [0, 0.05) is 64.0 Å². The van der Waals surface area contributed by atoms with E-state index in [9.17, 15) is 9.59 Å². The number of hydrogen-bond donors (Lipinski definition) is 0. The van der Waals surface area contributed by atoms with Gasteiger partial charge in [-0.25, -0.2) is 9.97 Å². The molecule has 8 nitrogen and oxygen atoms in total. The average molecular weight is 426 g/mol. The number of ether oxygens (including phenoxy) is 1. The fourth-order valence-electron chi connectivity index (χ4n) is 3.85. The summed E-state index contributed by atoms with van der Waals surface area (Å²) in [5.41, 5.74) is 2.21. The van der Waals surface area contributed by atoms with Crippen molar-refractivity contribution in [3.05, 3.63) is 54.1 Å². The maximum absolute atomic E-state index is 13.3. The SMILES string of the molecule is COCC(=O)N1CCCN(C(C)C)CCN(C(=O)c2cncnc2)Cc2ccccc21. The van der Waals surface area contributed by atoms with Crippen LogP contribution in [-0.2, 0) is 16.1 Å². The topological polar surface area (TPSA) is 78.9 Å². The lowest BCUT2D eigenvalue weighted by Crippen LogP contribution is -2.41. The lowest BCUT2D eigenvalue weighted by atomic mass is 10.1. The first-order valence-electron chi connectivity index (χ1n) is 10.7. The Hall–Kier alpha value is -2.84. The largest absolute Gasteiger partial charge is 0.375 e. The Labute approximate surface area is 183 Å². The van der Waals surface area contributed by atoms with Crippen LogP contribution in [0.5, 0.6) is 0 Å². The number of aromatic nitrogens is 2. The number of hydrogen-bond acceptors (Lipinski definition) is 6. The van der Waals surface area contributed by atoms with Crippen molar-refractivity contribution in [2.24, 2.45) is 0 Å². The molecule has 0 aliphatic carbocycles. The quantitative estimate of drug-likeness (QED) is 0.747. The Morgan fingerprint density at radius 1 is 1.06 bits per heavy atom. The smallest absolute Gasteiger partial charge is 0.257 e. The second-order valence-corrected chi connectivity index (χ2v) is 7.94. The van der Waals surface area contributed by atoms with Crippen LogP contribution < -0.4 is 4.90 Å². The molecule has 166 valence electrons.